The Kier molecular flexibility index (Phi) is 5.23. The Morgan fingerprint density at radius 2 is 1.79 bits per heavy atom. The average molecular weight is 377 g/mol. The molecule has 0 spiro atoms. The van der Waals surface area contributed by atoms with Crippen LogP contribution in [0.3, 0.4) is 0 Å². The summed E-state index contributed by atoms with van der Waals surface area (Å²) < 4.78 is 5.90. The molecule has 1 saturated heterocycles. The largest absolute Gasteiger partial charge is 0.457 e. The summed E-state index contributed by atoms with van der Waals surface area (Å²) in [5.41, 5.74) is 2.08. The monoisotopic (exact) mass is 377 g/mol. The van der Waals surface area contributed by atoms with Gasteiger partial charge in [-0.2, -0.15) is 0 Å². The van der Waals surface area contributed by atoms with Crippen molar-refractivity contribution in [2.45, 2.75) is 13.0 Å². The zero-order valence-electron chi connectivity index (χ0n) is 15.8. The molecule has 1 aliphatic rings. The predicted octanol–water partition coefficient (Wildman–Crippen LogP) is 3.13. The number of benzene rings is 2. The van der Waals surface area contributed by atoms with Crippen LogP contribution in [-0.2, 0) is 0 Å². The summed E-state index contributed by atoms with van der Waals surface area (Å²) in [5.74, 6) is 1.37. The van der Waals surface area contributed by atoms with Gasteiger partial charge < -0.3 is 20.1 Å². The van der Waals surface area contributed by atoms with Gasteiger partial charge in [0, 0.05) is 31.6 Å². The second kappa shape index (κ2) is 7.96. The second-order valence-electron chi connectivity index (χ2n) is 6.94. The Labute approximate surface area is 163 Å². The van der Waals surface area contributed by atoms with Crippen LogP contribution >= 0.6 is 0 Å². The lowest BCUT2D eigenvalue weighted by atomic mass is 10.1. The van der Waals surface area contributed by atoms with Crippen molar-refractivity contribution in [3.63, 3.8) is 0 Å². The third kappa shape index (κ3) is 3.98. The molecular formula is C22H23N3O3. The zero-order valence-corrected chi connectivity index (χ0v) is 15.8. The van der Waals surface area contributed by atoms with E-state index in [1.807, 2.05) is 53.4 Å². The molecule has 0 saturated carbocycles. The fraction of sp³-hybridized carbons (Fsp3) is 0.273. The molecule has 1 aromatic heterocycles. The molecule has 6 nitrogen and oxygen atoms in total. The van der Waals surface area contributed by atoms with Gasteiger partial charge in [-0.05, 0) is 48.9 Å². The lowest BCUT2D eigenvalue weighted by Gasteiger charge is -2.27. The van der Waals surface area contributed by atoms with Crippen LogP contribution in [-0.4, -0.2) is 47.1 Å². The Hall–Kier alpha value is -2.96. The first-order valence-electron chi connectivity index (χ1n) is 9.47. The molecule has 6 heteroatoms. The molecule has 1 aliphatic heterocycles. The summed E-state index contributed by atoms with van der Waals surface area (Å²) >= 11 is 0. The number of aromatic nitrogens is 1. The fourth-order valence-corrected chi connectivity index (χ4v) is 3.27. The maximum absolute atomic E-state index is 12.6. The summed E-state index contributed by atoms with van der Waals surface area (Å²) in [6.45, 7) is 4.78. The van der Waals surface area contributed by atoms with Crippen molar-refractivity contribution in [2.24, 2.45) is 0 Å². The maximum atomic E-state index is 12.6. The van der Waals surface area contributed by atoms with Crippen LogP contribution in [0, 0.1) is 0 Å². The van der Waals surface area contributed by atoms with Gasteiger partial charge in [-0.1, -0.05) is 18.2 Å². The van der Waals surface area contributed by atoms with Crippen LogP contribution in [0.5, 0.6) is 11.5 Å². The normalized spacial score (nSPS) is 15.4. The summed E-state index contributed by atoms with van der Waals surface area (Å²) in [6.07, 6.45) is -0.501. The number of carbonyl (C=O) groups excluding carboxylic acids is 1. The molecule has 144 valence electrons. The van der Waals surface area contributed by atoms with Gasteiger partial charge in [0.2, 0.25) is 0 Å². The minimum absolute atomic E-state index is 0.0260. The SMILES string of the molecule is C[C@@H](O)c1ccc(Oc2ccc3nc(C(=O)N4CCNCC4)ccc3c2)cc1. The number of hydrogen-bond acceptors (Lipinski definition) is 5. The Morgan fingerprint density at radius 3 is 2.50 bits per heavy atom. The smallest absolute Gasteiger partial charge is 0.272 e. The molecule has 2 aromatic carbocycles. The fourth-order valence-electron chi connectivity index (χ4n) is 3.27. The molecule has 0 unspecified atom stereocenters. The van der Waals surface area contributed by atoms with E-state index in [1.165, 1.54) is 0 Å². The van der Waals surface area contributed by atoms with E-state index in [0.717, 1.165) is 29.6 Å². The molecule has 2 heterocycles. The minimum Gasteiger partial charge on any atom is -0.457 e. The van der Waals surface area contributed by atoms with Gasteiger partial charge in [0.05, 0.1) is 11.6 Å². The van der Waals surface area contributed by atoms with Crippen LogP contribution in [0.25, 0.3) is 10.9 Å². The van der Waals surface area contributed by atoms with Crippen molar-refractivity contribution < 1.29 is 14.6 Å². The molecular weight excluding hydrogens is 354 g/mol. The molecule has 1 amide bonds. The first kappa shape index (κ1) is 18.4. The molecule has 2 N–H and O–H groups in total. The van der Waals surface area contributed by atoms with E-state index in [0.29, 0.717) is 30.3 Å². The zero-order chi connectivity index (χ0) is 19.5. The van der Waals surface area contributed by atoms with Crippen LogP contribution in [0.2, 0.25) is 0 Å². The van der Waals surface area contributed by atoms with Gasteiger partial charge in [0.25, 0.3) is 5.91 Å². The first-order chi connectivity index (χ1) is 13.6. The lowest BCUT2D eigenvalue weighted by Crippen LogP contribution is -2.46. The van der Waals surface area contributed by atoms with E-state index in [-0.39, 0.29) is 5.91 Å². The van der Waals surface area contributed by atoms with Crippen LogP contribution in [0.1, 0.15) is 29.1 Å². The molecule has 0 bridgehead atoms. The van der Waals surface area contributed by atoms with E-state index in [1.54, 1.807) is 13.0 Å². The number of hydrogen-bond donors (Lipinski definition) is 2. The van der Waals surface area contributed by atoms with Gasteiger partial charge in [-0.15, -0.1) is 0 Å². The highest BCUT2D eigenvalue weighted by Gasteiger charge is 2.19. The van der Waals surface area contributed by atoms with E-state index < -0.39 is 6.10 Å². The molecule has 28 heavy (non-hydrogen) atoms. The summed E-state index contributed by atoms with van der Waals surface area (Å²) in [6, 6.07) is 16.6. The standard InChI is InChI=1S/C22H23N3O3/c1-15(26)16-2-5-18(6-3-16)28-19-7-9-20-17(14-19)4-8-21(24-20)22(27)25-12-10-23-11-13-25/h2-9,14-15,23,26H,10-13H2,1H3/t15-/m1/s1. The van der Waals surface area contributed by atoms with Gasteiger partial charge in [-0.3, -0.25) is 4.79 Å². The third-order valence-electron chi connectivity index (χ3n) is 4.88. The van der Waals surface area contributed by atoms with Crippen LogP contribution in [0.15, 0.2) is 54.6 Å². The number of nitrogens with one attached hydrogen (secondary N) is 1. The number of pyridine rings is 1. The molecule has 1 atom stereocenters. The number of fused-ring (bicyclic) bond motifs is 1. The van der Waals surface area contributed by atoms with Crippen molar-refractivity contribution in [1.82, 2.24) is 15.2 Å². The van der Waals surface area contributed by atoms with Crippen molar-refractivity contribution in [2.75, 3.05) is 26.2 Å². The van der Waals surface area contributed by atoms with E-state index >= 15 is 0 Å². The molecule has 0 radical (unpaired) electrons. The highest BCUT2D eigenvalue weighted by atomic mass is 16.5. The van der Waals surface area contributed by atoms with Crippen molar-refractivity contribution in [1.29, 1.82) is 0 Å². The number of aliphatic hydroxyl groups excluding tert-OH is 1. The number of amides is 1. The summed E-state index contributed by atoms with van der Waals surface area (Å²) in [5, 5.41) is 13.7. The Bertz CT molecular complexity index is 980. The number of carbonyl (C=O) groups is 1. The number of aliphatic hydroxyl groups is 1. The topological polar surface area (TPSA) is 74.7 Å². The van der Waals surface area contributed by atoms with Crippen LogP contribution in [0.4, 0.5) is 0 Å². The van der Waals surface area contributed by atoms with Crippen molar-refractivity contribution >= 4 is 16.8 Å². The number of rotatable bonds is 4. The number of nitrogens with zero attached hydrogens (tertiary/aromatic N) is 2. The Balaban J connectivity index is 1.52. The second-order valence-corrected chi connectivity index (χ2v) is 6.94. The first-order valence-corrected chi connectivity index (χ1v) is 9.47. The van der Waals surface area contributed by atoms with Crippen LogP contribution < -0.4 is 10.1 Å². The number of piperazine rings is 1. The molecule has 4 rings (SSSR count). The lowest BCUT2D eigenvalue weighted by molar-refractivity contribution is 0.0730. The van der Waals surface area contributed by atoms with Gasteiger partial charge in [0.15, 0.2) is 0 Å². The summed E-state index contributed by atoms with van der Waals surface area (Å²) in [4.78, 5) is 19.0. The van der Waals surface area contributed by atoms with Crippen molar-refractivity contribution in [3.8, 4) is 11.5 Å². The average Bonchev–Trinajstić information content (AvgIpc) is 2.74. The minimum atomic E-state index is -0.501. The van der Waals surface area contributed by atoms with E-state index in [4.69, 9.17) is 4.74 Å². The third-order valence-corrected chi connectivity index (χ3v) is 4.88. The summed E-state index contributed by atoms with van der Waals surface area (Å²) in [7, 11) is 0. The molecule has 0 aliphatic carbocycles. The predicted molar refractivity (Wildman–Crippen MR) is 108 cm³/mol. The van der Waals surface area contributed by atoms with Gasteiger partial charge in [0.1, 0.15) is 17.2 Å². The molecule has 1 fully saturated rings. The quantitative estimate of drug-likeness (QED) is 0.731. The number of ether oxygens (including phenoxy) is 1. The maximum Gasteiger partial charge on any atom is 0.272 e. The highest BCUT2D eigenvalue weighted by Crippen LogP contribution is 2.26. The van der Waals surface area contributed by atoms with E-state index in [2.05, 4.69) is 10.3 Å². The highest BCUT2D eigenvalue weighted by molar-refractivity contribution is 5.95. The van der Waals surface area contributed by atoms with Crippen molar-refractivity contribution in [3.05, 3.63) is 65.9 Å². The van der Waals surface area contributed by atoms with E-state index in [9.17, 15) is 9.90 Å². The van der Waals surface area contributed by atoms with Gasteiger partial charge in [-0.25, -0.2) is 4.98 Å². The Morgan fingerprint density at radius 1 is 1.07 bits per heavy atom. The molecule has 3 aromatic rings. The van der Waals surface area contributed by atoms with Gasteiger partial charge >= 0.3 is 0 Å².